The normalized spacial score (nSPS) is 12.7. The number of hydrogen-bond donors (Lipinski definition) is 0. The quantitative estimate of drug-likeness (QED) is 0.747. The van der Waals surface area contributed by atoms with E-state index in [0.717, 1.165) is 6.39 Å². The van der Waals surface area contributed by atoms with E-state index in [9.17, 15) is 26.3 Å². The minimum atomic E-state index is -4.91. The van der Waals surface area contributed by atoms with Gasteiger partial charge in [-0.25, -0.2) is 0 Å². The number of alkyl halides is 6. The van der Waals surface area contributed by atoms with Gasteiger partial charge >= 0.3 is 12.4 Å². The van der Waals surface area contributed by atoms with E-state index in [2.05, 4.69) is 14.6 Å². The first-order valence-electron chi connectivity index (χ1n) is 4.74. The zero-order valence-electron chi connectivity index (χ0n) is 8.88. The second-order valence-electron chi connectivity index (χ2n) is 3.54. The van der Waals surface area contributed by atoms with Crippen molar-refractivity contribution in [1.29, 1.82) is 0 Å². The van der Waals surface area contributed by atoms with Crippen LogP contribution in [0.25, 0.3) is 11.5 Å². The first kappa shape index (κ1) is 13.4. The zero-order chi connectivity index (χ0) is 14.3. The molecule has 2 rings (SSSR count). The number of aromatic nitrogens is 2. The Morgan fingerprint density at radius 2 is 1.37 bits per heavy atom. The third kappa shape index (κ3) is 2.85. The van der Waals surface area contributed by atoms with Crippen LogP contribution in [0, 0.1) is 0 Å². The van der Waals surface area contributed by atoms with Crippen LogP contribution in [0.5, 0.6) is 0 Å². The molecule has 0 radical (unpaired) electrons. The van der Waals surface area contributed by atoms with Gasteiger partial charge in [-0.15, -0.1) is 10.2 Å². The van der Waals surface area contributed by atoms with Crippen LogP contribution in [0.2, 0.25) is 0 Å². The minimum absolute atomic E-state index is 0.0276. The summed E-state index contributed by atoms with van der Waals surface area (Å²) in [6.45, 7) is 0. The standard InChI is InChI=1S/C10H4F6N2O/c11-9(12,13)6-1-5(8-18-17-4-19-8)2-7(3-6)10(14,15)16/h1-4H. The lowest BCUT2D eigenvalue weighted by Crippen LogP contribution is -2.11. The van der Waals surface area contributed by atoms with Crippen LogP contribution < -0.4 is 0 Å². The molecule has 102 valence electrons. The maximum Gasteiger partial charge on any atom is 0.416 e. The van der Waals surface area contributed by atoms with Gasteiger partial charge in [-0.05, 0) is 18.2 Å². The van der Waals surface area contributed by atoms with Crippen molar-refractivity contribution in [2.75, 3.05) is 0 Å². The van der Waals surface area contributed by atoms with Crippen molar-refractivity contribution < 1.29 is 30.8 Å². The maximum atomic E-state index is 12.5. The Kier molecular flexibility index (Phi) is 2.99. The lowest BCUT2D eigenvalue weighted by atomic mass is 10.0. The third-order valence-electron chi connectivity index (χ3n) is 2.19. The van der Waals surface area contributed by atoms with Gasteiger partial charge in [0.25, 0.3) is 0 Å². The summed E-state index contributed by atoms with van der Waals surface area (Å²) in [5, 5.41) is 6.48. The monoisotopic (exact) mass is 282 g/mol. The molecule has 0 spiro atoms. The summed E-state index contributed by atoms with van der Waals surface area (Å²) in [6, 6.07) is 1.06. The molecule has 0 aliphatic carbocycles. The van der Waals surface area contributed by atoms with Gasteiger partial charge in [0.15, 0.2) is 0 Å². The lowest BCUT2D eigenvalue weighted by Gasteiger charge is -2.12. The molecule has 0 aliphatic rings. The van der Waals surface area contributed by atoms with Gasteiger partial charge in [0.05, 0.1) is 11.1 Å². The van der Waals surface area contributed by atoms with Crippen LogP contribution in [0.1, 0.15) is 11.1 Å². The SMILES string of the molecule is FC(F)(F)c1cc(-c2nnco2)cc(C(F)(F)F)c1. The minimum Gasteiger partial charge on any atom is -0.423 e. The van der Waals surface area contributed by atoms with Gasteiger partial charge in [0.1, 0.15) is 0 Å². The van der Waals surface area contributed by atoms with E-state index >= 15 is 0 Å². The topological polar surface area (TPSA) is 38.9 Å². The molecule has 0 saturated heterocycles. The van der Waals surface area contributed by atoms with E-state index in [1.165, 1.54) is 0 Å². The van der Waals surface area contributed by atoms with E-state index < -0.39 is 34.9 Å². The van der Waals surface area contributed by atoms with Crippen molar-refractivity contribution in [3.63, 3.8) is 0 Å². The van der Waals surface area contributed by atoms with Gasteiger partial charge < -0.3 is 4.42 Å². The van der Waals surface area contributed by atoms with E-state index in [1.807, 2.05) is 0 Å². The van der Waals surface area contributed by atoms with Crippen LogP contribution >= 0.6 is 0 Å². The molecule has 3 nitrogen and oxygen atoms in total. The Labute approximate surface area is 101 Å². The number of benzene rings is 1. The second kappa shape index (κ2) is 4.25. The zero-order valence-corrected chi connectivity index (χ0v) is 8.88. The Morgan fingerprint density at radius 1 is 0.842 bits per heavy atom. The van der Waals surface area contributed by atoms with Crippen LogP contribution in [0.3, 0.4) is 0 Å². The molecule has 0 saturated carbocycles. The van der Waals surface area contributed by atoms with Gasteiger partial charge in [0.2, 0.25) is 12.3 Å². The molecule has 0 unspecified atom stereocenters. The lowest BCUT2D eigenvalue weighted by molar-refractivity contribution is -0.143. The van der Waals surface area contributed by atoms with Crippen molar-refractivity contribution in [1.82, 2.24) is 10.2 Å². The molecular weight excluding hydrogens is 278 g/mol. The highest BCUT2D eigenvalue weighted by Crippen LogP contribution is 2.38. The van der Waals surface area contributed by atoms with Gasteiger partial charge in [-0.1, -0.05) is 0 Å². The maximum absolute atomic E-state index is 12.5. The molecule has 0 bridgehead atoms. The Balaban J connectivity index is 2.62. The van der Waals surface area contributed by atoms with E-state index in [1.54, 1.807) is 0 Å². The molecule has 1 aromatic heterocycles. The van der Waals surface area contributed by atoms with Crippen molar-refractivity contribution in [2.24, 2.45) is 0 Å². The first-order valence-corrected chi connectivity index (χ1v) is 4.74. The smallest absolute Gasteiger partial charge is 0.416 e. The number of rotatable bonds is 1. The van der Waals surface area contributed by atoms with Gasteiger partial charge in [-0.2, -0.15) is 26.3 Å². The summed E-state index contributed by atoms with van der Waals surface area (Å²) in [5.41, 5.74) is -3.31. The molecule has 2 aromatic rings. The van der Waals surface area contributed by atoms with Crippen molar-refractivity contribution in [2.45, 2.75) is 12.4 Å². The number of halogens is 6. The average molecular weight is 282 g/mol. The van der Waals surface area contributed by atoms with Gasteiger partial charge in [0, 0.05) is 5.56 Å². The largest absolute Gasteiger partial charge is 0.423 e. The van der Waals surface area contributed by atoms with Crippen LogP contribution in [-0.2, 0) is 12.4 Å². The molecule has 0 amide bonds. The third-order valence-corrected chi connectivity index (χ3v) is 2.19. The fraction of sp³-hybridized carbons (Fsp3) is 0.200. The highest BCUT2D eigenvalue weighted by Gasteiger charge is 2.37. The first-order chi connectivity index (χ1) is 8.68. The molecule has 0 aliphatic heterocycles. The highest BCUT2D eigenvalue weighted by atomic mass is 19.4. The molecule has 1 heterocycles. The van der Waals surface area contributed by atoms with E-state index in [0.29, 0.717) is 12.1 Å². The van der Waals surface area contributed by atoms with Crippen molar-refractivity contribution in [3.8, 4) is 11.5 Å². The van der Waals surface area contributed by atoms with E-state index in [-0.39, 0.29) is 6.07 Å². The Morgan fingerprint density at radius 3 is 1.74 bits per heavy atom. The predicted molar refractivity (Wildman–Crippen MR) is 49.7 cm³/mol. The fourth-order valence-electron chi connectivity index (χ4n) is 1.38. The van der Waals surface area contributed by atoms with Crippen molar-refractivity contribution in [3.05, 3.63) is 35.7 Å². The molecule has 1 aromatic carbocycles. The fourth-order valence-corrected chi connectivity index (χ4v) is 1.38. The summed E-state index contributed by atoms with van der Waals surface area (Å²) in [5.74, 6) is -0.420. The highest BCUT2D eigenvalue weighted by molar-refractivity contribution is 5.56. The Bertz CT molecular complexity index is 540. The number of hydrogen-bond acceptors (Lipinski definition) is 3. The predicted octanol–water partition coefficient (Wildman–Crippen LogP) is 3.77. The Hall–Kier alpha value is -2.06. The van der Waals surface area contributed by atoms with Crippen LogP contribution in [-0.4, -0.2) is 10.2 Å². The van der Waals surface area contributed by atoms with Gasteiger partial charge in [-0.3, -0.25) is 0 Å². The van der Waals surface area contributed by atoms with Crippen molar-refractivity contribution >= 4 is 0 Å². The molecular formula is C10H4F6N2O. The van der Waals surface area contributed by atoms with Crippen LogP contribution in [0.4, 0.5) is 26.3 Å². The number of nitrogens with zero attached hydrogens (tertiary/aromatic N) is 2. The molecule has 0 atom stereocenters. The molecule has 0 N–H and O–H groups in total. The van der Waals surface area contributed by atoms with Crippen LogP contribution in [0.15, 0.2) is 29.0 Å². The average Bonchev–Trinajstić information content (AvgIpc) is 2.79. The van der Waals surface area contributed by atoms with E-state index in [4.69, 9.17) is 0 Å². The molecule has 19 heavy (non-hydrogen) atoms. The summed E-state index contributed by atoms with van der Waals surface area (Å²) in [4.78, 5) is 0. The summed E-state index contributed by atoms with van der Waals surface area (Å²) in [7, 11) is 0. The second-order valence-corrected chi connectivity index (χ2v) is 3.54. The summed E-state index contributed by atoms with van der Waals surface area (Å²) < 4.78 is 79.9. The molecule has 9 heteroatoms. The summed E-state index contributed by atoms with van der Waals surface area (Å²) >= 11 is 0. The summed E-state index contributed by atoms with van der Waals surface area (Å²) in [6.07, 6.45) is -9.01. The molecule has 0 fully saturated rings.